The van der Waals surface area contributed by atoms with Crippen LogP contribution < -0.4 is 10.6 Å². The maximum Gasteiger partial charge on any atom is 0.0976 e. The number of anilines is 1. The molecule has 1 atom stereocenters. The molecule has 0 aliphatic rings. The molecule has 0 saturated heterocycles. The average Bonchev–Trinajstić information content (AvgIpc) is 2.41. The SMILES string of the molecule is COCC(CNc1cc(C)ncc1CNC(C)(C)C)OC. The Kier molecular flexibility index (Phi) is 7.08. The normalized spacial score (nSPS) is 13.2. The van der Waals surface area contributed by atoms with Gasteiger partial charge in [-0.25, -0.2) is 0 Å². The van der Waals surface area contributed by atoms with Gasteiger partial charge < -0.3 is 20.1 Å². The van der Waals surface area contributed by atoms with Crippen LogP contribution in [0.25, 0.3) is 0 Å². The molecule has 5 heteroatoms. The Morgan fingerprint density at radius 2 is 2.00 bits per heavy atom. The first kappa shape index (κ1) is 17.9. The third-order valence-corrected chi connectivity index (χ3v) is 3.14. The summed E-state index contributed by atoms with van der Waals surface area (Å²) in [5.74, 6) is 0. The Bertz CT molecular complexity index is 430. The predicted octanol–water partition coefficient (Wildman–Crippen LogP) is 2.35. The third-order valence-electron chi connectivity index (χ3n) is 3.14. The monoisotopic (exact) mass is 295 g/mol. The Morgan fingerprint density at radius 3 is 2.57 bits per heavy atom. The van der Waals surface area contributed by atoms with Gasteiger partial charge in [0.25, 0.3) is 0 Å². The minimum atomic E-state index is 0.0342. The molecular weight excluding hydrogens is 266 g/mol. The van der Waals surface area contributed by atoms with Gasteiger partial charge in [0.1, 0.15) is 0 Å². The Hall–Kier alpha value is -1.17. The zero-order chi connectivity index (χ0) is 15.9. The van der Waals surface area contributed by atoms with Crippen molar-refractivity contribution in [2.24, 2.45) is 0 Å². The number of hydrogen-bond donors (Lipinski definition) is 2. The molecular formula is C16H29N3O2. The van der Waals surface area contributed by atoms with Crippen LogP contribution in [0, 0.1) is 6.92 Å². The largest absolute Gasteiger partial charge is 0.382 e. The molecule has 0 bridgehead atoms. The van der Waals surface area contributed by atoms with Gasteiger partial charge in [-0.1, -0.05) is 0 Å². The molecule has 1 aromatic rings. The number of pyridine rings is 1. The lowest BCUT2D eigenvalue weighted by atomic mass is 10.1. The highest BCUT2D eigenvalue weighted by Gasteiger charge is 2.12. The number of nitrogens with zero attached hydrogens (tertiary/aromatic N) is 1. The fraction of sp³-hybridized carbons (Fsp3) is 0.688. The fourth-order valence-corrected chi connectivity index (χ4v) is 1.87. The molecule has 1 heterocycles. The Labute approximate surface area is 128 Å². The standard InChI is InChI=1S/C16H29N3O2/c1-12-7-15(18-10-14(21-6)11-20-5)13(8-17-12)9-19-16(2,3)4/h7-8,14,19H,9-11H2,1-6H3,(H,17,18). The lowest BCUT2D eigenvalue weighted by Gasteiger charge is -2.22. The van der Waals surface area contributed by atoms with Gasteiger partial charge in [-0.3, -0.25) is 4.98 Å². The molecule has 0 amide bonds. The lowest BCUT2D eigenvalue weighted by Crippen LogP contribution is -2.35. The van der Waals surface area contributed by atoms with Crippen LogP contribution in [0.3, 0.4) is 0 Å². The second kappa shape index (κ2) is 8.32. The van der Waals surface area contributed by atoms with Crippen molar-refractivity contribution in [3.63, 3.8) is 0 Å². The van der Waals surface area contributed by atoms with E-state index >= 15 is 0 Å². The molecule has 0 saturated carbocycles. The molecule has 0 spiro atoms. The fourth-order valence-electron chi connectivity index (χ4n) is 1.87. The van der Waals surface area contributed by atoms with Gasteiger partial charge in [0.15, 0.2) is 0 Å². The summed E-state index contributed by atoms with van der Waals surface area (Å²) in [6, 6.07) is 2.07. The summed E-state index contributed by atoms with van der Waals surface area (Å²) in [5.41, 5.74) is 3.32. The molecule has 0 fully saturated rings. The van der Waals surface area contributed by atoms with Crippen molar-refractivity contribution in [1.82, 2.24) is 10.3 Å². The summed E-state index contributed by atoms with van der Waals surface area (Å²) in [4.78, 5) is 4.39. The first-order chi connectivity index (χ1) is 9.85. The third kappa shape index (κ3) is 6.89. The van der Waals surface area contributed by atoms with Gasteiger partial charge in [-0.2, -0.15) is 0 Å². The van der Waals surface area contributed by atoms with E-state index in [1.807, 2.05) is 13.1 Å². The first-order valence-electron chi connectivity index (χ1n) is 7.32. The number of aromatic nitrogens is 1. The van der Waals surface area contributed by atoms with Gasteiger partial charge >= 0.3 is 0 Å². The minimum absolute atomic E-state index is 0.0342. The summed E-state index contributed by atoms with van der Waals surface area (Å²) < 4.78 is 10.5. The first-order valence-corrected chi connectivity index (χ1v) is 7.32. The van der Waals surface area contributed by atoms with Crippen LogP contribution in [0.2, 0.25) is 0 Å². The van der Waals surface area contributed by atoms with Crippen molar-refractivity contribution in [1.29, 1.82) is 0 Å². The van der Waals surface area contributed by atoms with Crippen molar-refractivity contribution in [3.05, 3.63) is 23.5 Å². The summed E-state index contributed by atoms with van der Waals surface area (Å²) in [6.45, 7) is 10.5. The minimum Gasteiger partial charge on any atom is -0.382 e. The molecule has 120 valence electrons. The number of hydrogen-bond acceptors (Lipinski definition) is 5. The van der Waals surface area contributed by atoms with Crippen molar-refractivity contribution in [2.45, 2.75) is 45.9 Å². The van der Waals surface area contributed by atoms with Gasteiger partial charge in [-0.15, -0.1) is 0 Å². The number of rotatable bonds is 8. The lowest BCUT2D eigenvalue weighted by molar-refractivity contribution is 0.0365. The van der Waals surface area contributed by atoms with Crippen LogP contribution in [0.1, 0.15) is 32.0 Å². The van der Waals surface area contributed by atoms with E-state index in [1.54, 1.807) is 14.2 Å². The number of ether oxygens (including phenoxy) is 2. The van der Waals surface area contributed by atoms with Crippen molar-refractivity contribution in [3.8, 4) is 0 Å². The number of aryl methyl sites for hydroxylation is 1. The van der Waals surface area contributed by atoms with Crippen LogP contribution in [0.5, 0.6) is 0 Å². The number of nitrogens with one attached hydrogen (secondary N) is 2. The van der Waals surface area contributed by atoms with E-state index in [1.165, 1.54) is 0 Å². The van der Waals surface area contributed by atoms with E-state index in [4.69, 9.17) is 9.47 Å². The van der Waals surface area contributed by atoms with Crippen LogP contribution in [0.15, 0.2) is 12.3 Å². The van der Waals surface area contributed by atoms with E-state index in [0.29, 0.717) is 13.2 Å². The quantitative estimate of drug-likeness (QED) is 0.771. The van der Waals surface area contributed by atoms with Crippen molar-refractivity contribution in [2.75, 3.05) is 32.7 Å². The second-order valence-corrected chi connectivity index (χ2v) is 6.28. The van der Waals surface area contributed by atoms with Crippen LogP contribution >= 0.6 is 0 Å². The highest BCUT2D eigenvalue weighted by molar-refractivity contribution is 5.51. The average molecular weight is 295 g/mol. The molecule has 0 aliphatic heterocycles. The van der Waals surface area contributed by atoms with Gasteiger partial charge in [0.05, 0.1) is 12.7 Å². The highest BCUT2D eigenvalue weighted by atomic mass is 16.5. The van der Waals surface area contributed by atoms with Gasteiger partial charge in [0.2, 0.25) is 0 Å². The molecule has 0 radical (unpaired) electrons. The molecule has 1 aromatic heterocycles. The Morgan fingerprint density at radius 1 is 1.29 bits per heavy atom. The Balaban J connectivity index is 2.72. The van der Waals surface area contributed by atoms with Crippen molar-refractivity contribution >= 4 is 5.69 Å². The molecule has 0 aliphatic carbocycles. The summed E-state index contributed by atoms with van der Waals surface area (Å²) in [7, 11) is 3.38. The van der Waals surface area contributed by atoms with E-state index in [0.717, 1.165) is 23.5 Å². The topological polar surface area (TPSA) is 55.4 Å². The van der Waals surface area contributed by atoms with Crippen LogP contribution in [-0.2, 0) is 16.0 Å². The maximum absolute atomic E-state index is 5.38. The maximum atomic E-state index is 5.38. The molecule has 1 unspecified atom stereocenters. The number of methoxy groups -OCH3 is 2. The second-order valence-electron chi connectivity index (χ2n) is 6.28. The van der Waals surface area contributed by atoms with Gasteiger partial charge in [0, 0.05) is 56.0 Å². The molecule has 1 rings (SSSR count). The zero-order valence-corrected chi connectivity index (χ0v) is 14.1. The molecule has 5 nitrogen and oxygen atoms in total. The zero-order valence-electron chi connectivity index (χ0n) is 14.1. The summed E-state index contributed by atoms with van der Waals surface area (Å²) >= 11 is 0. The van der Waals surface area contributed by atoms with E-state index in [9.17, 15) is 0 Å². The predicted molar refractivity (Wildman–Crippen MR) is 86.7 cm³/mol. The van der Waals surface area contributed by atoms with Crippen LogP contribution in [0.4, 0.5) is 5.69 Å². The van der Waals surface area contributed by atoms with Crippen molar-refractivity contribution < 1.29 is 9.47 Å². The van der Waals surface area contributed by atoms with Gasteiger partial charge in [-0.05, 0) is 33.8 Å². The van der Waals surface area contributed by atoms with E-state index < -0.39 is 0 Å². The van der Waals surface area contributed by atoms with Crippen LogP contribution in [-0.4, -0.2) is 44.0 Å². The smallest absolute Gasteiger partial charge is 0.0976 e. The highest BCUT2D eigenvalue weighted by Crippen LogP contribution is 2.17. The van der Waals surface area contributed by atoms with E-state index in [-0.39, 0.29) is 11.6 Å². The molecule has 21 heavy (non-hydrogen) atoms. The molecule has 2 N–H and O–H groups in total. The summed E-state index contributed by atoms with van der Waals surface area (Å²) in [6.07, 6.45) is 1.96. The van der Waals surface area contributed by atoms with E-state index in [2.05, 4.69) is 42.5 Å². The summed E-state index contributed by atoms with van der Waals surface area (Å²) in [5, 5.41) is 6.93. The molecule has 0 aromatic carbocycles.